The molecular weight excluding hydrogens is 298 g/mol. The van der Waals surface area contributed by atoms with Gasteiger partial charge >= 0.3 is 0 Å². The Hall–Kier alpha value is -1.95. The van der Waals surface area contributed by atoms with Crippen molar-refractivity contribution >= 4 is 23.0 Å². The second-order valence-corrected chi connectivity index (χ2v) is 6.22. The Balaban J connectivity index is 1.99. The van der Waals surface area contributed by atoms with Crippen molar-refractivity contribution in [2.24, 2.45) is 0 Å². The number of thiazole rings is 1. The zero-order chi connectivity index (χ0) is 16.3. The predicted molar refractivity (Wildman–Crippen MR) is 87.8 cm³/mol. The molecule has 2 rings (SSSR count). The summed E-state index contributed by atoms with van der Waals surface area (Å²) < 4.78 is 0. The quantitative estimate of drug-likeness (QED) is 0.804. The fraction of sp³-hybridized carbons (Fsp3) is 0.438. The van der Waals surface area contributed by atoms with Gasteiger partial charge in [-0.3, -0.25) is 9.59 Å². The lowest BCUT2D eigenvalue weighted by atomic mass is 10.1. The number of H-pyrrole nitrogens is 1. The number of Topliss-reactive ketones (excluding diaryl/α,β-unsaturated/α-hetero) is 1. The van der Waals surface area contributed by atoms with Crippen molar-refractivity contribution in [3.8, 4) is 0 Å². The maximum atomic E-state index is 12.3. The van der Waals surface area contributed by atoms with Crippen molar-refractivity contribution in [3.05, 3.63) is 38.6 Å². The molecule has 0 atom stereocenters. The van der Waals surface area contributed by atoms with E-state index in [1.165, 1.54) is 6.92 Å². The SMILES string of the molecule is CCc1nc(CCNC(=O)c2c(C)[nH]c(C(C)=O)c2C)cs1. The Bertz CT molecular complexity index is 700. The van der Waals surface area contributed by atoms with Crippen LogP contribution in [0, 0.1) is 13.8 Å². The summed E-state index contributed by atoms with van der Waals surface area (Å²) in [4.78, 5) is 31.3. The minimum Gasteiger partial charge on any atom is -0.355 e. The van der Waals surface area contributed by atoms with Gasteiger partial charge in [0.15, 0.2) is 5.78 Å². The number of aromatic nitrogens is 2. The van der Waals surface area contributed by atoms with Crippen LogP contribution in [0.2, 0.25) is 0 Å². The van der Waals surface area contributed by atoms with E-state index >= 15 is 0 Å². The van der Waals surface area contributed by atoms with Gasteiger partial charge in [0, 0.05) is 31.0 Å². The van der Waals surface area contributed by atoms with Crippen molar-refractivity contribution < 1.29 is 9.59 Å². The lowest BCUT2D eigenvalue weighted by molar-refractivity contribution is 0.0953. The van der Waals surface area contributed by atoms with Crippen LogP contribution in [0.15, 0.2) is 5.38 Å². The summed E-state index contributed by atoms with van der Waals surface area (Å²) in [5, 5.41) is 6.05. The first-order chi connectivity index (χ1) is 10.4. The van der Waals surface area contributed by atoms with E-state index in [4.69, 9.17) is 0 Å². The van der Waals surface area contributed by atoms with Gasteiger partial charge in [-0.1, -0.05) is 6.92 Å². The third-order valence-corrected chi connectivity index (χ3v) is 4.63. The van der Waals surface area contributed by atoms with Crippen molar-refractivity contribution in [1.29, 1.82) is 0 Å². The number of nitrogens with zero attached hydrogens (tertiary/aromatic N) is 1. The van der Waals surface area contributed by atoms with Gasteiger partial charge in [-0.05, 0) is 25.8 Å². The molecule has 0 unspecified atom stereocenters. The fourth-order valence-electron chi connectivity index (χ4n) is 2.46. The maximum Gasteiger partial charge on any atom is 0.253 e. The van der Waals surface area contributed by atoms with Gasteiger partial charge in [0.2, 0.25) is 0 Å². The zero-order valence-corrected chi connectivity index (χ0v) is 14.2. The lowest BCUT2D eigenvalue weighted by Crippen LogP contribution is -2.26. The minimum atomic E-state index is -0.148. The Kier molecular flexibility index (Phi) is 5.13. The summed E-state index contributed by atoms with van der Waals surface area (Å²) >= 11 is 1.65. The highest BCUT2D eigenvalue weighted by Gasteiger charge is 2.19. The number of ketones is 1. The molecule has 2 aromatic rings. The van der Waals surface area contributed by atoms with Gasteiger partial charge in [-0.25, -0.2) is 4.98 Å². The van der Waals surface area contributed by atoms with Gasteiger partial charge in [0.1, 0.15) is 0 Å². The van der Waals surface area contributed by atoms with Crippen LogP contribution in [0.4, 0.5) is 0 Å². The van der Waals surface area contributed by atoms with Gasteiger partial charge < -0.3 is 10.3 Å². The van der Waals surface area contributed by atoms with Crippen molar-refractivity contribution in [2.75, 3.05) is 6.54 Å². The summed E-state index contributed by atoms with van der Waals surface area (Å²) in [5.41, 5.74) is 3.52. The highest BCUT2D eigenvalue weighted by molar-refractivity contribution is 7.09. The van der Waals surface area contributed by atoms with Crippen LogP contribution in [-0.4, -0.2) is 28.2 Å². The maximum absolute atomic E-state index is 12.3. The molecule has 118 valence electrons. The monoisotopic (exact) mass is 319 g/mol. The summed E-state index contributed by atoms with van der Waals surface area (Å²) in [5.74, 6) is -0.209. The molecule has 2 aromatic heterocycles. The first-order valence-electron chi connectivity index (χ1n) is 7.35. The number of amides is 1. The second-order valence-electron chi connectivity index (χ2n) is 5.27. The fourth-order valence-corrected chi connectivity index (χ4v) is 3.24. The number of hydrogen-bond donors (Lipinski definition) is 2. The number of carbonyl (C=O) groups excluding carboxylic acids is 2. The normalized spacial score (nSPS) is 10.7. The third kappa shape index (κ3) is 3.44. The number of rotatable bonds is 6. The summed E-state index contributed by atoms with van der Waals surface area (Å²) in [7, 11) is 0. The molecule has 0 bridgehead atoms. The average Bonchev–Trinajstić information content (AvgIpc) is 3.03. The van der Waals surface area contributed by atoms with Crippen LogP contribution in [0.1, 0.15) is 56.7 Å². The van der Waals surface area contributed by atoms with E-state index in [2.05, 4.69) is 22.2 Å². The van der Waals surface area contributed by atoms with E-state index in [1.54, 1.807) is 18.3 Å². The van der Waals surface area contributed by atoms with Crippen molar-refractivity contribution in [3.63, 3.8) is 0 Å². The molecule has 1 amide bonds. The Morgan fingerprint density at radius 3 is 2.64 bits per heavy atom. The third-order valence-electron chi connectivity index (χ3n) is 3.59. The molecule has 0 saturated carbocycles. The minimum absolute atomic E-state index is 0.0609. The molecule has 0 aromatic carbocycles. The molecule has 6 heteroatoms. The summed E-state index contributed by atoms with van der Waals surface area (Å²) in [6.07, 6.45) is 1.65. The van der Waals surface area contributed by atoms with Crippen LogP contribution in [0.5, 0.6) is 0 Å². The first kappa shape index (κ1) is 16.4. The van der Waals surface area contributed by atoms with Crippen LogP contribution in [0.25, 0.3) is 0 Å². The molecule has 5 nitrogen and oxygen atoms in total. The largest absolute Gasteiger partial charge is 0.355 e. The molecule has 0 spiro atoms. The molecule has 0 aliphatic rings. The van der Waals surface area contributed by atoms with Crippen molar-refractivity contribution in [2.45, 2.75) is 40.5 Å². The van der Waals surface area contributed by atoms with E-state index in [-0.39, 0.29) is 11.7 Å². The highest BCUT2D eigenvalue weighted by atomic mass is 32.1. The molecule has 0 aliphatic heterocycles. The van der Waals surface area contributed by atoms with Crippen molar-refractivity contribution in [1.82, 2.24) is 15.3 Å². The van der Waals surface area contributed by atoms with Crippen LogP contribution >= 0.6 is 11.3 Å². The smallest absolute Gasteiger partial charge is 0.253 e. The van der Waals surface area contributed by atoms with Gasteiger partial charge in [-0.2, -0.15) is 0 Å². The molecule has 0 aliphatic carbocycles. The lowest BCUT2D eigenvalue weighted by Gasteiger charge is -2.05. The predicted octanol–water partition coefficient (Wildman–Crippen LogP) is 2.83. The number of aryl methyl sites for hydroxylation is 2. The Morgan fingerprint density at radius 1 is 1.36 bits per heavy atom. The van der Waals surface area contributed by atoms with Crippen LogP contribution in [0.3, 0.4) is 0 Å². The molecule has 22 heavy (non-hydrogen) atoms. The van der Waals surface area contributed by atoms with Crippen LogP contribution < -0.4 is 5.32 Å². The summed E-state index contributed by atoms with van der Waals surface area (Å²) in [6, 6.07) is 0. The van der Waals surface area contributed by atoms with E-state index < -0.39 is 0 Å². The molecule has 2 heterocycles. The molecular formula is C16H21N3O2S. The van der Waals surface area contributed by atoms with E-state index in [0.29, 0.717) is 29.8 Å². The van der Waals surface area contributed by atoms with Crippen LogP contribution in [-0.2, 0) is 12.8 Å². The van der Waals surface area contributed by atoms with E-state index in [0.717, 1.165) is 22.8 Å². The highest BCUT2D eigenvalue weighted by Crippen LogP contribution is 2.18. The number of hydrogen-bond acceptors (Lipinski definition) is 4. The molecule has 2 N–H and O–H groups in total. The first-order valence-corrected chi connectivity index (χ1v) is 8.23. The van der Waals surface area contributed by atoms with Gasteiger partial charge in [-0.15, -0.1) is 11.3 Å². The number of carbonyl (C=O) groups is 2. The standard InChI is InChI=1S/C16H21N3O2S/c1-5-13-19-12(8-22-13)6-7-17-16(21)14-9(2)15(11(4)20)18-10(14)3/h8,18H,5-7H2,1-4H3,(H,17,21). The molecule has 0 radical (unpaired) electrons. The Labute approximate surface area is 134 Å². The van der Waals surface area contributed by atoms with E-state index in [1.807, 2.05) is 12.3 Å². The Morgan fingerprint density at radius 2 is 2.09 bits per heavy atom. The summed E-state index contributed by atoms with van der Waals surface area (Å²) in [6.45, 7) is 7.71. The molecule has 0 saturated heterocycles. The van der Waals surface area contributed by atoms with Gasteiger partial charge in [0.05, 0.1) is 22.0 Å². The molecule has 0 fully saturated rings. The van der Waals surface area contributed by atoms with Gasteiger partial charge in [0.25, 0.3) is 5.91 Å². The average molecular weight is 319 g/mol. The van der Waals surface area contributed by atoms with E-state index in [9.17, 15) is 9.59 Å². The topological polar surface area (TPSA) is 74.8 Å². The second kappa shape index (κ2) is 6.87. The number of nitrogens with one attached hydrogen (secondary N) is 2. The zero-order valence-electron chi connectivity index (χ0n) is 13.4. The number of aromatic amines is 1.